The van der Waals surface area contributed by atoms with E-state index in [4.69, 9.17) is 36.2 Å². The number of carbonyl (C=O) groups is 1. The molecule has 0 bridgehead atoms. The normalized spacial score (nSPS) is 15.1. The van der Waals surface area contributed by atoms with E-state index in [-0.39, 0.29) is 5.97 Å². The van der Waals surface area contributed by atoms with Crippen molar-refractivity contribution < 1.29 is 28.8 Å². The molecule has 0 fully saturated rings. The molecule has 1 aromatic carbocycles. The summed E-state index contributed by atoms with van der Waals surface area (Å²) in [5, 5.41) is 0. The molecule has 0 aromatic heterocycles. The summed E-state index contributed by atoms with van der Waals surface area (Å²) >= 11 is 6.62. The SMILES string of the molecule is CCCCS(C)(C)OS(C)(C)OS(C)(C)OS(C)(C)OS(C)(C)CCCOC(=O)c1ccc(CSC(=S)OCC)cc1. The van der Waals surface area contributed by atoms with Crippen molar-refractivity contribution in [1.82, 2.24) is 0 Å². The largest absolute Gasteiger partial charge is 0.479 e. The van der Waals surface area contributed by atoms with Gasteiger partial charge in [-0.1, -0.05) is 37.2 Å². The Morgan fingerprint density at radius 2 is 1.19 bits per heavy atom. The molecule has 252 valence electrons. The third-order valence-electron chi connectivity index (χ3n) is 5.16. The minimum Gasteiger partial charge on any atom is -0.479 e. The number of hydrogen-bond donors (Lipinski definition) is 0. The van der Waals surface area contributed by atoms with Crippen molar-refractivity contribution in [3.05, 3.63) is 35.4 Å². The second-order valence-electron chi connectivity index (χ2n) is 11.5. The van der Waals surface area contributed by atoms with Gasteiger partial charge in [0, 0.05) is 54.8 Å². The molecule has 0 amide bonds. The Morgan fingerprint density at radius 3 is 1.67 bits per heavy atom. The molecule has 42 heavy (non-hydrogen) atoms. The Kier molecular flexibility index (Phi) is 17.4. The van der Waals surface area contributed by atoms with Gasteiger partial charge in [-0.25, -0.2) is 12.1 Å². The molecule has 7 nitrogen and oxygen atoms in total. The van der Waals surface area contributed by atoms with Crippen molar-refractivity contribution in [2.75, 3.05) is 87.3 Å². The Balaban J connectivity index is 2.55. The van der Waals surface area contributed by atoms with Crippen molar-refractivity contribution in [2.45, 2.75) is 38.9 Å². The predicted octanol–water partition coefficient (Wildman–Crippen LogP) is 9.30. The zero-order chi connectivity index (χ0) is 32.2. The number of hydrogen-bond acceptors (Lipinski definition) is 9. The molecule has 0 saturated heterocycles. The lowest BCUT2D eigenvalue weighted by molar-refractivity contribution is 0.0505. The van der Waals surface area contributed by atoms with Gasteiger partial charge in [0.2, 0.25) is 4.38 Å². The van der Waals surface area contributed by atoms with Crippen LogP contribution >= 0.6 is 76.4 Å². The first-order chi connectivity index (χ1) is 19.2. The van der Waals surface area contributed by atoms with Gasteiger partial charge in [-0.2, -0.15) is 39.0 Å². The number of esters is 1. The molecule has 1 rings (SSSR count). The Labute approximate surface area is 275 Å². The van der Waals surface area contributed by atoms with E-state index in [9.17, 15) is 4.79 Å². The summed E-state index contributed by atoms with van der Waals surface area (Å²) in [6.07, 6.45) is 23.9. The average molecular weight is 729 g/mol. The zero-order valence-corrected chi connectivity index (χ0v) is 33.4. The van der Waals surface area contributed by atoms with Gasteiger partial charge in [0.15, 0.2) is 0 Å². The predicted molar refractivity (Wildman–Crippen MR) is 203 cm³/mol. The third kappa shape index (κ3) is 17.9. The number of unbranched alkanes of at least 4 members (excludes halogenated alkanes) is 1. The lowest BCUT2D eigenvalue weighted by atomic mass is 10.1. The fourth-order valence-electron chi connectivity index (χ4n) is 3.96. The summed E-state index contributed by atoms with van der Waals surface area (Å²) < 4.78 is 37.6. The quantitative estimate of drug-likeness (QED) is 0.0788. The van der Waals surface area contributed by atoms with Gasteiger partial charge >= 0.3 is 5.97 Å². The summed E-state index contributed by atoms with van der Waals surface area (Å²) in [4.78, 5) is 12.5. The van der Waals surface area contributed by atoms with Crippen molar-refractivity contribution in [3.63, 3.8) is 0 Å². The molecule has 0 N–H and O–H groups in total. The fraction of sp³-hybridized carbons (Fsp3) is 0.714. The number of benzene rings is 1. The number of thiocarbonyl (C=S) groups is 1. The Bertz CT molecular complexity index is 983. The van der Waals surface area contributed by atoms with Gasteiger partial charge in [-0.15, -0.1) is 20.6 Å². The van der Waals surface area contributed by atoms with Gasteiger partial charge in [-0.3, -0.25) is 0 Å². The maximum absolute atomic E-state index is 12.5. The highest BCUT2D eigenvalue weighted by molar-refractivity contribution is 8.47. The number of carbonyl (C=O) groups excluding carboxylic acids is 1. The smallest absolute Gasteiger partial charge is 0.338 e. The fourth-order valence-corrected chi connectivity index (χ4v) is 21.6. The molecule has 14 heteroatoms. The molecule has 0 heterocycles. The highest BCUT2D eigenvalue weighted by Crippen LogP contribution is 2.71. The van der Waals surface area contributed by atoms with E-state index >= 15 is 0 Å². The van der Waals surface area contributed by atoms with Crippen LogP contribution in [-0.4, -0.2) is 97.6 Å². The van der Waals surface area contributed by atoms with Crippen LogP contribution in [0.5, 0.6) is 0 Å². The summed E-state index contributed by atoms with van der Waals surface area (Å²) in [5.41, 5.74) is 1.60. The number of thioether (sulfide) groups is 1. The molecule has 0 aliphatic heterocycles. The molecular weight excluding hydrogens is 673 g/mol. The first-order valence-electron chi connectivity index (χ1n) is 13.7. The van der Waals surface area contributed by atoms with Crippen LogP contribution in [0.25, 0.3) is 0 Å². The van der Waals surface area contributed by atoms with Gasteiger partial charge in [0.25, 0.3) is 0 Å². The minimum absolute atomic E-state index is 0.323. The van der Waals surface area contributed by atoms with E-state index in [0.717, 1.165) is 29.9 Å². The second-order valence-corrected chi connectivity index (χ2v) is 28.7. The third-order valence-corrected chi connectivity index (χ3v) is 19.8. The zero-order valence-electron chi connectivity index (χ0n) is 27.7. The lowest BCUT2D eigenvalue weighted by Gasteiger charge is -2.54. The standard InChI is InChI=1S/C28H56O7S7/c1-13-15-22-38(3,4)32-40(7,8)34-42(11,12)35-41(9,10)33-39(5,6)23-16-21-31-27(29)26-19-17-25(18-20-26)24-37-28(36)30-14-2/h17-20H,13-16,21-24H2,1-12H3. The van der Waals surface area contributed by atoms with E-state index in [1.807, 2.05) is 44.1 Å². The molecule has 0 aliphatic rings. The van der Waals surface area contributed by atoms with Crippen molar-refractivity contribution in [3.8, 4) is 0 Å². The summed E-state index contributed by atoms with van der Waals surface area (Å²) in [6.45, 7) is 5.01. The molecule has 0 spiro atoms. The first-order valence-corrected chi connectivity index (χ1v) is 27.1. The van der Waals surface area contributed by atoms with E-state index in [0.29, 0.717) is 35.3 Å². The maximum atomic E-state index is 12.5. The molecule has 0 aliphatic carbocycles. The summed E-state index contributed by atoms with van der Waals surface area (Å²) in [5.74, 6) is 2.24. The lowest BCUT2D eigenvalue weighted by Crippen LogP contribution is -2.18. The first kappa shape index (κ1) is 40.5. The van der Waals surface area contributed by atoms with Crippen LogP contribution in [0.15, 0.2) is 24.3 Å². The minimum atomic E-state index is -1.88. The van der Waals surface area contributed by atoms with Crippen molar-refractivity contribution >= 4 is 86.7 Å². The van der Waals surface area contributed by atoms with Crippen LogP contribution in [0.4, 0.5) is 0 Å². The number of ether oxygens (including phenoxy) is 2. The average Bonchev–Trinajstić information content (AvgIpc) is 2.81. The summed E-state index contributed by atoms with van der Waals surface area (Å²) in [7, 11) is -8.11. The van der Waals surface area contributed by atoms with Gasteiger partial charge in [0.05, 0.1) is 18.8 Å². The van der Waals surface area contributed by atoms with E-state index in [2.05, 4.69) is 44.5 Å². The maximum Gasteiger partial charge on any atom is 0.338 e. The van der Waals surface area contributed by atoms with Crippen LogP contribution in [0.1, 0.15) is 49.0 Å². The van der Waals surface area contributed by atoms with E-state index in [1.54, 1.807) is 12.1 Å². The van der Waals surface area contributed by atoms with Crippen molar-refractivity contribution in [1.29, 1.82) is 0 Å². The number of rotatable bonds is 19. The Morgan fingerprint density at radius 1 is 0.714 bits per heavy atom. The molecule has 0 unspecified atom stereocenters. The highest BCUT2D eigenvalue weighted by atomic mass is 32.4. The van der Waals surface area contributed by atoms with Gasteiger partial charge in [0.1, 0.15) is 0 Å². The van der Waals surface area contributed by atoms with E-state index < -0.39 is 52.4 Å². The highest BCUT2D eigenvalue weighted by Gasteiger charge is 2.30. The molecular formula is C28H56O7S7. The van der Waals surface area contributed by atoms with E-state index in [1.165, 1.54) is 11.8 Å². The van der Waals surface area contributed by atoms with Crippen LogP contribution in [-0.2, 0) is 29.7 Å². The second kappa shape index (κ2) is 18.0. The van der Waals surface area contributed by atoms with Crippen LogP contribution in [0.3, 0.4) is 0 Å². The molecule has 0 radical (unpaired) electrons. The van der Waals surface area contributed by atoms with Gasteiger partial charge in [-0.05, 0) is 74.7 Å². The van der Waals surface area contributed by atoms with Crippen LogP contribution < -0.4 is 0 Å². The van der Waals surface area contributed by atoms with Crippen LogP contribution in [0.2, 0.25) is 0 Å². The molecule has 1 aromatic rings. The molecule has 0 atom stereocenters. The summed E-state index contributed by atoms with van der Waals surface area (Å²) in [6, 6.07) is 7.41. The van der Waals surface area contributed by atoms with Crippen molar-refractivity contribution in [2.24, 2.45) is 0 Å². The van der Waals surface area contributed by atoms with Crippen LogP contribution in [0, 0.1) is 0 Å². The Hall–Kier alpha value is 0.520. The van der Waals surface area contributed by atoms with Gasteiger partial charge < -0.3 is 9.47 Å². The topological polar surface area (TPSA) is 72.5 Å². The monoisotopic (exact) mass is 728 g/mol. The molecule has 0 saturated carbocycles.